The molecule has 1 amide bonds. The van der Waals surface area contributed by atoms with Crippen LogP contribution < -0.4 is 15.1 Å². The lowest BCUT2D eigenvalue weighted by molar-refractivity contribution is -0.120. The maximum Gasteiger partial charge on any atom is 0.231 e. The molecule has 0 saturated carbocycles. The van der Waals surface area contributed by atoms with Gasteiger partial charge in [0.05, 0.1) is 16.1 Å². The van der Waals surface area contributed by atoms with Gasteiger partial charge in [0.15, 0.2) is 5.13 Å². The Kier molecular flexibility index (Phi) is 4.28. The molecule has 0 spiro atoms. The predicted octanol–water partition coefficient (Wildman–Crippen LogP) is 3.75. The second-order valence-corrected chi connectivity index (χ2v) is 8.01. The standard InChI is InChI=1S/C20H22N4OS/c1-13-4-9-17-18(10-13)26-20(22-17)24-11-14(12-24)19(25)21-15-5-7-16(8-6-15)23(2)3/h4-10,14H,11-12H2,1-3H3,(H,21,25). The third-order valence-electron chi connectivity index (χ3n) is 4.71. The molecule has 1 aromatic heterocycles. The Morgan fingerprint density at radius 3 is 2.62 bits per heavy atom. The molecule has 5 nitrogen and oxygen atoms in total. The van der Waals surface area contributed by atoms with Gasteiger partial charge >= 0.3 is 0 Å². The van der Waals surface area contributed by atoms with Gasteiger partial charge in [0, 0.05) is 38.6 Å². The lowest BCUT2D eigenvalue weighted by Crippen LogP contribution is -2.52. The Balaban J connectivity index is 1.36. The molecule has 0 aliphatic carbocycles. The van der Waals surface area contributed by atoms with Gasteiger partial charge in [0.1, 0.15) is 0 Å². The van der Waals surface area contributed by atoms with Gasteiger partial charge in [-0.15, -0.1) is 0 Å². The van der Waals surface area contributed by atoms with Gasteiger partial charge < -0.3 is 15.1 Å². The van der Waals surface area contributed by atoms with Crippen LogP contribution >= 0.6 is 11.3 Å². The molecule has 26 heavy (non-hydrogen) atoms. The highest BCUT2D eigenvalue weighted by Crippen LogP contribution is 2.33. The number of thiazole rings is 1. The number of carbonyl (C=O) groups is 1. The number of amides is 1. The molecule has 0 radical (unpaired) electrons. The van der Waals surface area contributed by atoms with Crippen molar-refractivity contribution in [3.05, 3.63) is 48.0 Å². The van der Waals surface area contributed by atoms with E-state index in [1.54, 1.807) is 11.3 Å². The van der Waals surface area contributed by atoms with Crippen molar-refractivity contribution in [3.8, 4) is 0 Å². The van der Waals surface area contributed by atoms with Crippen molar-refractivity contribution in [2.24, 2.45) is 5.92 Å². The van der Waals surface area contributed by atoms with E-state index in [2.05, 4.69) is 40.3 Å². The Hall–Kier alpha value is -2.60. The summed E-state index contributed by atoms with van der Waals surface area (Å²) in [5.41, 5.74) is 4.23. The second kappa shape index (κ2) is 6.61. The van der Waals surface area contributed by atoms with Gasteiger partial charge in [0.2, 0.25) is 5.91 Å². The van der Waals surface area contributed by atoms with E-state index >= 15 is 0 Å². The minimum atomic E-state index is 0.0114. The molecule has 2 aromatic carbocycles. The number of fused-ring (bicyclic) bond motifs is 1. The fraction of sp³-hybridized carbons (Fsp3) is 0.300. The van der Waals surface area contributed by atoms with Crippen LogP contribution in [0.3, 0.4) is 0 Å². The van der Waals surface area contributed by atoms with Gasteiger partial charge in [-0.1, -0.05) is 17.4 Å². The fourth-order valence-corrected chi connectivity index (χ4v) is 4.12. The summed E-state index contributed by atoms with van der Waals surface area (Å²) in [6, 6.07) is 14.2. The van der Waals surface area contributed by atoms with Crippen LogP contribution in [-0.2, 0) is 4.79 Å². The lowest BCUT2D eigenvalue weighted by Gasteiger charge is -2.37. The number of carbonyl (C=O) groups excluding carboxylic acids is 1. The van der Waals surface area contributed by atoms with E-state index < -0.39 is 0 Å². The number of hydrogen-bond acceptors (Lipinski definition) is 5. The first-order chi connectivity index (χ1) is 12.5. The van der Waals surface area contributed by atoms with Crippen molar-refractivity contribution in [2.45, 2.75) is 6.92 Å². The highest BCUT2D eigenvalue weighted by molar-refractivity contribution is 7.22. The molecule has 1 fully saturated rings. The number of nitrogens with one attached hydrogen (secondary N) is 1. The number of hydrogen-bond donors (Lipinski definition) is 1. The maximum atomic E-state index is 12.4. The predicted molar refractivity (Wildman–Crippen MR) is 109 cm³/mol. The first kappa shape index (κ1) is 16.8. The lowest BCUT2D eigenvalue weighted by atomic mass is 10.00. The molecule has 2 heterocycles. The Morgan fingerprint density at radius 1 is 1.19 bits per heavy atom. The third kappa shape index (κ3) is 3.24. The van der Waals surface area contributed by atoms with Crippen molar-refractivity contribution in [1.29, 1.82) is 0 Å². The smallest absolute Gasteiger partial charge is 0.231 e. The zero-order valence-corrected chi connectivity index (χ0v) is 16.0. The van der Waals surface area contributed by atoms with Crippen LogP contribution in [0.15, 0.2) is 42.5 Å². The molecule has 0 bridgehead atoms. The molecular weight excluding hydrogens is 344 g/mol. The van der Waals surface area contributed by atoms with Crippen LogP contribution in [-0.4, -0.2) is 38.1 Å². The topological polar surface area (TPSA) is 48.5 Å². The summed E-state index contributed by atoms with van der Waals surface area (Å²) in [5, 5.41) is 4.02. The fourth-order valence-electron chi connectivity index (χ4n) is 3.04. The number of rotatable bonds is 4. The maximum absolute atomic E-state index is 12.4. The van der Waals surface area contributed by atoms with Crippen molar-refractivity contribution in [2.75, 3.05) is 42.3 Å². The summed E-state index contributed by atoms with van der Waals surface area (Å²) in [7, 11) is 4.00. The Bertz CT molecular complexity index is 942. The van der Waals surface area contributed by atoms with Crippen LogP contribution in [0.1, 0.15) is 5.56 Å². The van der Waals surface area contributed by atoms with Crippen LogP contribution in [0.25, 0.3) is 10.2 Å². The van der Waals surface area contributed by atoms with Gasteiger partial charge in [-0.3, -0.25) is 4.79 Å². The van der Waals surface area contributed by atoms with Crippen LogP contribution in [0.4, 0.5) is 16.5 Å². The molecule has 4 rings (SSSR count). The van der Waals surface area contributed by atoms with E-state index in [4.69, 9.17) is 0 Å². The van der Waals surface area contributed by atoms with Crippen molar-refractivity contribution < 1.29 is 4.79 Å². The third-order valence-corrected chi connectivity index (χ3v) is 5.79. The minimum Gasteiger partial charge on any atom is -0.378 e. The molecule has 1 aliphatic rings. The summed E-state index contributed by atoms with van der Waals surface area (Å²) in [6.07, 6.45) is 0. The normalized spacial score (nSPS) is 14.3. The number of aryl methyl sites for hydroxylation is 1. The minimum absolute atomic E-state index is 0.0114. The summed E-state index contributed by atoms with van der Waals surface area (Å²) >= 11 is 1.70. The molecule has 0 unspecified atom stereocenters. The first-order valence-electron chi connectivity index (χ1n) is 8.70. The monoisotopic (exact) mass is 366 g/mol. The largest absolute Gasteiger partial charge is 0.378 e. The van der Waals surface area contributed by atoms with E-state index in [1.165, 1.54) is 10.3 Å². The second-order valence-electron chi connectivity index (χ2n) is 7.00. The van der Waals surface area contributed by atoms with Crippen LogP contribution in [0.2, 0.25) is 0 Å². The average molecular weight is 366 g/mol. The Morgan fingerprint density at radius 2 is 1.92 bits per heavy atom. The molecule has 3 aromatic rings. The van der Waals surface area contributed by atoms with E-state index in [0.717, 1.165) is 35.1 Å². The molecule has 134 valence electrons. The van der Waals surface area contributed by atoms with E-state index in [1.807, 2.05) is 43.3 Å². The number of anilines is 3. The van der Waals surface area contributed by atoms with Gasteiger partial charge in [-0.05, 0) is 48.9 Å². The quantitative estimate of drug-likeness (QED) is 0.764. The van der Waals surface area contributed by atoms with E-state index in [9.17, 15) is 4.79 Å². The molecular formula is C20H22N4OS. The SMILES string of the molecule is Cc1ccc2nc(N3CC(C(=O)Nc4ccc(N(C)C)cc4)C3)sc2c1. The number of benzene rings is 2. The summed E-state index contributed by atoms with van der Waals surface area (Å²) < 4.78 is 1.20. The average Bonchev–Trinajstić information content (AvgIpc) is 2.96. The summed E-state index contributed by atoms with van der Waals surface area (Å²) in [5.74, 6) is 0.0908. The van der Waals surface area contributed by atoms with Gasteiger partial charge in [-0.2, -0.15) is 0 Å². The number of aromatic nitrogens is 1. The van der Waals surface area contributed by atoms with Gasteiger partial charge in [-0.25, -0.2) is 4.98 Å². The van der Waals surface area contributed by atoms with Crippen LogP contribution in [0.5, 0.6) is 0 Å². The van der Waals surface area contributed by atoms with Crippen molar-refractivity contribution in [1.82, 2.24) is 4.98 Å². The highest BCUT2D eigenvalue weighted by Gasteiger charge is 2.34. The molecule has 1 aliphatic heterocycles. The number of nitrogens with zero attached hydrogens (tertiary/aromatic N) is 3. The van der Waals surface area contributed by atoms with E-state index in [-0.39, 0.29) is 11.8 Å². The highest BCUT2D eigenvalue weighted by atomic mass is 32.1. The van der Waals surface area contributed by atoms with E-state index in [0.29, 0.717) is 0 Å². The van der Waals surface area contributed by atoms with Gasteiger partial charge in [0.25, 0.3) is 0 Å². The first-order valence-corrected chi connectivity index (χ1v) is 9.51. The van der Waals surface area contributed by atoms with Crippen molar-refractivity contribution >= 4 is 44.0 Å². The zero-order chi connectivity index (χ0) is 18.3. The summed E-state index contributed by atoms with van der Waals surface area (Å²) in [6.45, 7) is 3.54. The summed E-state index contributed by atoms with van der Waals surface area (Å²) in [4.78, 5) is 21.3. The molecule has 1 saturated heterocycles. The van der Waals surface area contributed by atoms with Crippen LogP contribution in [0, 0.1) is 12.8 Å². The molecule has 1 N–H and O–H groups in total. The Labute approximate surface area is 157 Å². The molecule has 0 atom stereocenters. The molecule has 6 heteroatoms. The van der Waals surface area contributed by atoms with Crippen molar-refractivity contribution in [3.63, 3.8) is 0 Å². The zero-order valence-electron chi connectivity index (χ0n) is 15.2.